The van der Waals surface area contributed by atoms with Crippen molar-refractivity contribution in [2.75, 3.05) is 25.4 Å². The number of nitrogens with two attached hydrogens (primary N) is 1. The fourth-order valence-electron chi connectivity index (χ4n) is 2.61. The van der Waals surface area contributed by atoms with Gasteiger partial charge in [0.1, 0.15) is 0 Å². The second-order valence-electron chi connectivity index (χ2n) is 5.38. The molecule has 3 N–H and O–H groups in total. The van der Waals surface area contributed by atoms with E-state index in [9.17, 15) is 8.42 Å². The van der Waals surface area contributed by atoms with Gasteiger partial charge in [-0.25, -0.2) is 12.7 Å². The van der Waals surface area contributed by atoms with E-state index in [0.29, 0.717) is 25.2 Å². The molecular formula is C14H22N2O3S. The average molecular weight is 298 g/mol. The van der Waals surface area contributed by atoms with Gasteiger partial charge in [-0.1, -0.05) is 12.1 Å². The van der Waals surface area contributed by atoms with Crippen LogP contribution >= 0.6 is 0 Å². The van der Waals surface area contributed by atoms with Gasteiger partial charge in [0.15, 0.2) is 0 Å². The van der Waals surface area contributed by atoms with Gasteiger partial charge in [0.25, 0.3) is 0 Å². The van der Waals surface area contributed by atoms with Crippen molar-refractivity contribution in [3.8, 4) is 0 Å². The van der Waals surface area contributed by atoms with Crippen LogP contribution in [0, 0.1) is 5.92 Å². The molecule has 0 saturated carbocycles. The quantitative estimate of drug-likeness (QED) is 0.800. The number of piperidine rings is 1. The third-order valence-electron chi connectivity index (χ3n) is 3.74. The highest BCUT2D eigenvalue weighted by Gasteiger charge is 2.28. The van der Waals surface area contributed by atoms with Crippen molar-refractivity contribution in [3.63, 3.8) is 0 Å². The molecule has 0 amide bonds. The Bertz CT molecular complexity index is 526. The van der Waals surface area contributed by atoms with Crippen LogP contribution in [-0.4, -0.2) is 37.5 Å². The number of nitrogen functional groups attached to an aromatic ring is 1. The molecule has 0 radical (unpaired) electrons. The van der Waals surface area contributed by atoms with Crippen LogP contribution < -0.4 is 5.73 Å². The van der Waals surface area contributed by atoms with Gasteiger partial charge in [-0.15, -0.1) is 0 Å². The molecule has 1 atom stereocenters. The van der Waals surface area contributed by atoms with Crippen molar-refractivity contribution in [3.05, 3.63) is 29.8 Å². The Kier molecular flexibility index (Phi) is 5.01. The lowest BCUT2D eigenvalue weighted by Crippen LogP contribution is -2.40. The Hall–Kier alpha value is -1.11. The maximum Gasteiger partial charge on any atom is 0.218 e. The number of hydrogen-bond acceptors (Lipinski definition) is 4. The number of benzene rings is 1. The molecule has 1 aromatic carbocycles. The highest BCUT2D eigenvalue weighted by Crippen LogP contribution is 2.23. The lowest BCUT2D eigenvalue weighted by atomic mass is 9.97. The molecule has 1 aromatic rings. The fourth-order valence-corrected chi connectivity index (χ4v) is 4.25. The van der Waals surface area contributed by atoms with Gasteiger partial charge in [0, 0.05) is 25.4 Å². The second-order valence-corrected chi connectivity index (χ2v) is 7.35. The summed E-state index contributed by atoms with van der Waals surface area (Å²) in [6.45, 7) is 1.23. The third-order valence-corrected chi connectivity index (χ3v) is 5.56. The van der Waals surface area contributed by atoms with E-state index in [1.807, 2.05) is 0 Å². The SMILES string of the molecule is Nc1ccc(CS(=O)(=O)N2CCCC(CCO)C2)cc1. The summed E-state index contributed by atoms with van der Waals surface area (Å²) < 4.78 is 26.4. The van der Waals surface area contributed by atoms with E-state index in [1.54, 1.807) is 28.6 Å². The minimum absolute atomic E-state index is 0.0130. The Morgan fingerprint density at radius 2 is 2.00 bits per heavy atom. The summed E-state index contributed by atoms with van der Waals surface area (Å²) in [5.41, 5.74) is 6.99. The van der Waals surface area contributed by atoms with Crippen LogP contribution in [0.15, 0.2) is 24.3 Å². The standard InChI is InChI=1S/C14H22N2O3S/c15-14-5-3-13(4-6-14)11-20(18,19)16-8-1-2-12(10-16)7-9-17/h3-6,12,17H,1-2,7-11,15H2. The molecule has 1 unspecified atom stereocenters. The molecule has 1 fully saturated rings. The van der Waals surface area contributed by atoms with Gasteiger partial charge >= 0.3 is 0 Å². The van der Waals surface area contributed by atoms with E-state index in [-0.39, 0.29) is 18.3 Å². The van der Waals surface area contributed by atoms with Crippen molar-refractivity contribution in [2.45, 2.75) is 25.0 Å². The average Bonchev–Trinajstić information content (AvgIpc) is 2.42. The number of sulfonamides is 1. The van der Waals surface area contributed by atoms with Crippen LogP contribution in [0.2, 0.25) is 0 Å². The first-order valence-corrected chi connectivity index (χ1v) is 8.55. The van der Waals surface area contributed by atoms with E-state index < -0.39 is 10.0 Å². The fraction of sp³-hybridized carbons (Fsp3) is 0.571. The predicted molar refractivity (Wildman–Crippen MR) is 79.5 cm³/mol. The number of aliphatic hydroxyl groups is 1. The largest absolute Gasteiger partial charge is 0.399 e. The van der Waals surface area contributed by atoms with Crippen LogP contribution in [0.4, 0.5) is 5.69 Å². The minimum Gasteiger partial charge on any atom is -0.399 e. The number of anilines is 1. The van der Waals surface area contributed by atoms with Crippen LogP contribution in [0.3, 0.4) is 0 Å². The first-order valence-electron chi connectivity index (χ1n) is 6.94. The molecule has 5 nitrogen and oxygen atoms in total. The summed E-state index contributed by atoms with van der Waals surface area (Å²) in [7, 11) is -3.29. The topological polar surface area (TPSA) is 83.6 Å². The van der Waals surface area contributed by atoms with Gasteiger partial charge in [-0.2, -0.15) is 0 Å². The summed E-state index contributed by atoms with van der Waals surface area (Å²) in [6, 6.07) is 6.94. The lowest BCUT2D eigenvalue weighted by molar-refractivity contribution is 0.202. The van der Waals surface area contributed by atoms with E-state index in [0.717, 1.165) is 18.4 Å². The molecule has 1 aliphatic rings. The number of rotatable bonds is 5. The van der Waals surface area contributed by atoms with Gasteiger partial charge in [0.2, 0.25) is 10.0 Å². The zero-order valence-electron chi connectivity index (χ0n) is 11.5. The number of aliphatic hydroxyl groups excluding tert-OH is 1. The molecule has 2 rings (SSSR count). The monoisotopic (exact) mass is 298 g/mol. The Labute approximate surface area is 120 Å². The maximum absolute atomic E-state index is 12.4. The van der Waals surface area contributed by atoms with Gasteiger partial charge in [0.05, 0.1) is 5.75 Å². The summed E-state index contributed by atoms with van der Waals surface area (Å²) in [6.07, 6.45) is 2.54. The maximum atomic E-state index is 12.4. The Balaban J connectivity index is 2.04. The smallest absolute Gasteiger partial charge is 0.218 e. The molecular weight excluding hydrogens is 276 g/mol. The first-order chi connectivity index (χ1) is 9.51. The van der Waals surface area contributed by atoms with Crippen LogP contribution in [0.1, 0.15) is 24.8 Å². The van der Waals surface area contributed by atoms with E-state index in [2.05, 4.69) is 0 Å². The normalized spacial score (nSPS) is 20.9. The van der Waals surface area contributed by atoms with Gasteiger partial charge < -0.3 is 10.8 Å². The molecule has 1 aliphatic heterocycles. The molecule has 112 valence electrons. The van der Waals surface area contributed by atoms with Crippen molar-refractivity contribution in [1.82, 2.24) is 4.31 Å². The van der Waals surface area contributed by atoms with E-state index in [1.165, 1.54) is 0 Å². The second kappa shape index (κ2) is 6.56. The predicted octanol–water partition coefficient (Wildman–Crippen LogP) is 1.19. The molecule has 0 spiro atoms. The highest BCUT2D eigenvalue weighted by atomic mass is 32.2. The molecule has 1 heterocycles. The molecule has 6 heteroatoms. The molecule has 0 aliphatic carbocycles. The van der Waals surface area contributed by atoms with Crippen LogP contribution in [-0.2, 0) is 15.8 Å². The van der Waals surface area contributed by atoms with Crippen LogP contribution in [0.5, 0.6) is 0 Å². The molecule has 1 saturated heterocycles. The van der Waals surface area contributed by atoms with Crippen molar-refractivity contribution in [1.29, 1.82) is 0 Å². The first kappa shape index (κ1) is 15.3. The lowest BCUT2D eigenvalue weighted by Gasteiger charge is -2.31. The Morgan fingerprint density at radius 1 is 1.30 bits per heavy atom. The summed E-state index contributed by atoms with van der Waals surface area (Å²) in [4.78, 5) is 0. The van der Waals surface area contributed by atoms with Crippen molar-refractivity contribution >= 4 is 15.7 Å². The summed E-state index contributed by atoms with van der Waals surface area (Å²) in [5, 5.41) is 8.99. The van der Waals surface area contributed by atoms with E-state index in [4.69, 9.17) is 10.8 Å². The summed E-state index contributed by atoms with van der Waals surface area (Å²) >= 11 is 0. The van der Waals surface area contributed by atoms with E-state index >= 15 is 0 Å². The summed E-state index contributed by atoms with van der Waals surface area (Å²) in [5.74, 6) is 0.286. The Morgan fingerprint density at radius 3 is 2.65 bits per heavy atom. The minimum atomic E-state index is -3.29. The third kappa shape index (κ3) is 3.94. The molecule has 0 aromatic heterocycles. The van der Waals surface area contributed by atoms with Crippen molar-refractivity contribution < 1.29 is 13.5 Å². The zero-order chi connectivity index (χ0) is 14.6. The van der Waals surface area contributed by atoms with Crippen molar-refractivity contribution in [2.24, 2.45) is 5.92 Å². The van der Waals surface area contributed by atoms with Crippen LogP contribution in [0.25, 0.3) is 0 Å². The number of hydrogen-bond donors (Lipinski definition) is 2. The number of nitrogens with zero attached hydrogens (tertiary/aromatic N) is 1. The van der Waals surface area contributed by atoms with Gasteiger partial charge in [-0.3, -0.25) is 0 Å². The zero-order valence-corrected chi connectivity index (χ0v) is 12.3. The highest BCUT2D eigenvalue weighted by molar-refractivity contribution is 7.88. The molecule has 0 bridgehead atoms. The van der Waals surface area contributed by atoms with Gasteiger partial charge in [-0.05, 0) is 42.9 Å². The molecule has 20 heavy (non-hydrogen) atoms.